The number of rotatable bonds is 7. The van der Waals surface area contributed by atoms with Gasteiger partial charge in [-0.05, 0) is 37.6 Å². The minimum Gasteiger partial charge on any atom is -0.466 e. The number of fused-ring (bicyclic) bond motifs is 1. The molecule has 0 saturated carbocycles. The van der Waals surface area contributed by atoms with Gasteiger partial charge in [0.05, 0.1) is 23.8 Å². The van der Waals surface area contributed by atoms with Gasteiger partial charge in [0, 0.05) is 19.6 Å². The Morgan fingerprint density at radius 1 is 1.32 bits per heavy atom. The normalized spacial score (nSPS) is 15.1. The quantitative estimate of drug-likeness (QED) is 0.387. The van der Waals surface area contributed by atoms with E-state index in [4.69, 9.17) is 4.74 Å². The van der Waals surface area contributed by atoms with Crippen LogP contribution in [0, 0.1) is 5.92 Å². The molecule has 0 N–H and O–H groups in total. The highest BCUT2D eigenvalue weighted by atomic mass is 32.2. The Balaban J connectivity index is 1.63. The molecule has 2 aromatic heterocycles. The third-order valence-corrected chi connectivity index (χ3v) is 6.62. The van der Waals surface area contributed by atoms with Gasteiger partial charge in [-0.1, -0.05) is 18.7 Å². The van der Waals surface area contributed by atoms with Crippen molar-refractivity contribution in [2.45, 2.75) is 44.8 Å². The van der Waals surface area contributed by atoms with Crippen LogP contribution in [-0.4, -0.2) is 51.8 Å². The molecule has 3 heterocycles. The van der Waals surface area contributed by atoms with E-state index in [0.717, 1.165) is 6.42 Å². The molecule has 0 radical (unpaired) electrons. The van der Waals surface area contributed by atoms with Crippen LogP contribution >= 0.6 is 23.1 Å². The van der Waals surface area contributed by atoms with E-state index in [0.29, 0.717) is 54.5 Å². The molecule has 0 aromatic carbocycles. The monoisotopic (exact) mass is 423 g/mol. The van der Waals surface area contributed by atoms with Crippen LogP contribution in [0.2, 0.25) is 0 Å². The van der Waals surface area contributed by atoms with Crippen LogP contribution in [0.3, 0.4) is 0 Å². The molecular formula is C19H25N3O4S2. The molecule has 0 spiro atoms. The van der Waals surface area contributed by atoms with Crippen LogP contribution in [0.15, 0.2) is 21.4 Å². The Hall–Kier alpha value is -1.87. The molecule has 2 aromatic rings. The summed E-state index contributed by atoms with van der Waals surface area (Å²) in [6.45, 7) is 5.89. The maximum atomic E-state index is 12.7. The van der Waals surface area contributed by atoms with Crippen molar-refractivity contribution in [1.82, 2.24) is 14.5 Å². The molecule has 1 saturated heterocycles. The van der Waals surface area contributed by atoms with Crippen molar-refractivity contribution in [2.75, 3.05) is 25.4 Å². The molecule has 1 fully saturated rings. The lowest BCUT2D eigenvalue weighted by molar-refractivity contribution is -0.151. The second kappa shape index (κ2) is 9.56. The molecular weight excluding hydrogens is 398 g/mol. The molecule has 0 bridgehead atoms. The predicted molar refractivity (Wildman–Crippen MR) is 111 cm³/mol. The lowest BCUT2D eigenvalue weighted by Crippen LogP contribution is -2.41. The maximum absolute atomic E-state index is 12.7. The van der Waals surface area contributed by atoms with E-state index < -0.39 is 0 Å². The Bertz CT molecular complexity index is 900. The van der Waals surface area contributed by atoms with Crippen molar-refractivity contribution in [3.8, 4) is 0 Å². The molecule has 3 rings (SSSR count). The number of nitrogens with zero attached hydrogens (tertiary/aromatic N) is 3. The van der Waals surface area contributed by atoms with Crippen LogP contribution in [0.4, 0.5) is 0 Å². The van der Waals surface area contributed by atoms with Gasteiger partial charge in [-0.2, -0.15) is 0 Å². The molecule has 1 aliphatic heterocycles. The zero-order valence-corrected chi connectivity index (χ0v) is 17.8. The third-order valence-electron chi connectivity index (χ3n) is 4.77. The summed E-state index contributed by atoms with van der Waals surface area (Å²) in [5.41, 5.74) is 0.652. The number of likely N-dealkylation sites (tertiary alicyclic amines) is 1. The number of carbonyl (C=O) groups is 2. The average molecular weight is 424 g/mol. The highest BCUT2D eigenvalue weighted by Crippen LogP contribution is 2.23. The van der Waals surface area contributed by atoms with Gasteiger partial charge in [-0.15, -0.1) is 11.3 Å². The van der Waals surface area contributed by atoms with Crippen molar-refractivity contribution in [3.05, 3.63) is 21.8 Å². The fraction of sp³-hybridized carbons (Fsp3) is 0.579. The minimum atomic E-state index is -0.166. The number of ether oxygens (including phenoxy) is 1. The predicted octanol–water partition coefficient (Wildman–Crippen LogP) is 2.76. The van der Waals surface area contributed by atoms with Gasteiger partial charge in [0.1, 0.15) is 4.70 Å². The summed E-state index contributed by atoms with van der Waals surface area (Å²) in [5.74, 6) is -0.0412. The van der Waals surface area contributed by atoms with Crippen LogP contribution in [0.1, 0.15) is 33.1 Å². The summed E-state index contributed by atoms with van der Waals surface area (Å²) in [4.78, 5) is 43.5. The molecule has 152 valence electrons. The molecule has 0 atom stereocenters. The molecule has 0 aliphatic carbocycles. The Kier molecular flexibility index (Phi) is 7.12. The summed E-state index contributed by atoms with van der Waals surface area (Å²) < 4.78 is 7.40. The van der Waals surface area contributed by atoms with Crippen molar-refractivity contribution in [1.29, 1.82) is 0 Å². The smallest absolute Gasteiger partial charge is 0.309 e. The van der Waals surface area contributed by atoms with Gasteiger partial charge >= 0.3 is 5.97 Å². The SMILES string of the molecule is CCCn1c(SCC(=O)N2CCC(C(=O)OCC)CC2)nc2ccsc2c1=O. The number of amides is 1. The summed E-state index contributed by atoms with van der Waals surface area (Å²) in [5, 5.41) is 2.45. The maximum Gasteiger partial charge on any atom is 0.309 e. The van der Waals surface area contributed by atoms with Crippen LogP contribution in [0.5, 0.6) is 0 Å². The summed E-state index contributed by atoms with van der Waals surface area (Å²) in [6, 6.07) is 1.84. The summed E-state index contributed by atoms with van der Waals surface area (Å²) in [7, 11) is 0. The zero-order chi connectivity index (χ0) is 20.1. The molecule has 1 aliphatic rings. The zero-order valence-electron chi connectivity index (χ0n) is 16.2. The molecule has 9 heteroatoms. The van der Waals surface area contributed by atoms with E-state index in [9.17, 15) is 14.4 Å². The first-order valence-corrected chi connectivity index (χ1v) is 11.5. The number of aromatic nitrogens is 2. The summed E-state index contributed by atoms with van der Waals surface area (Å²) >= 11 is 2.71. The van der Waals surface area contributed by atoms with Gasteiger partial charge in [0.25, 0.3) is 5.56 Å². The van der Waals surface area contributed by atoms with E-state index in [2.05, 4.69) is 4.98 Å². The van der Waals surface area contributed by atoms with Gasteiger partial charge in [0.15, 0.2) is 5.16 Å². The first-order chi connectivity index (χ1) is 13.5. The topological polar surface area (TPSA) is 81.5 Å². The Labute approximate surface area is 172 Å². The average Bonchev–Trinajstić information content (AvgIpc) is 3.18. The summed E-state index contributed by atoms with van der Waals surface area (Å²) in [6.07, 6.45) is 2.09. The lowest BCUT2D eigenvalue weighted by Gasteiger charge is -2.30. The fourth-order valence-corrected chi connectivity index (χ4v) is 5.00. The minimum absolute atomic E-state index is 0.00928. The second-order valence-corrected chi connectivity index (χ2v) is 8.54. The number of thiophene rings is 1. The molecule has 28 heavy (non-hydrogen) atoms. The van der Waals surface area contributed by atoms with Crippen LogP contribution in [-0.2, 0) is 20.9 Å². The largest absolute Gasteiger partial charge is 0.466 e. The fourth-order valence-electron chi connectivity index (χ4n) is 3.30. The lowest BCUT2D eigenvalue weighted by atomic mass is 9.97. The molecule has 1 amide bonds. The highest BCUT2D eigenvalue weighted by Gasteiger charge is 2.28. The van der Waals surface area contributed by atoms with Gasteiger partial charge < -0.3 is 9.64 Å². The van der Waals surface area contributed by atoms with Crippen molar-refractivity contribution >= 4 is 45.2 Å². The van der Waals surface area contributed by atoms with E-state index in [1.54, 1.807) is 16.4 Å². The second-order valence-electron chi connectivity index (χ2n) is 6.68. The first-order valence-electron chi connectivity index (χ1n) is 9.60. The van der Waals surface area contributed by atoms with Crippen molar-refractivity contribution in [2.24, 2.45) is 5.92 Å². The highest BCUT2D eigenvalue weighted by molar-refractivity contribution is 7.99. The van der Waals surface area contributed by atoms with E-state index in [1.165, 1.54) is 23.1 Å². The van der Waals surface area contributed by atoms with Crippen molar-refractivity contribution < 1.29 is 14.3 Å². The standard InChI is InChI=1S/C19H25N3O4S2/c1-3-8-22-17(24)16-14(7-11-27-16)20-19(22)28-12-15(23)21-9-5-13(6-10-21)18(25)26-4-2/h7,11,13H,3-6,8-10,12H2,1-2H3. The van der Waals surface area contributed by atoms with Crippen molar-refractivity contribution in [3.63, 3.8) is 0 Å². The first kappa shape index (κ1) is 20.9. The third kappa shape index (κ3) is 4.57. The van der Waals surface area contributed by atoms with Gasteiger partial charge in [-0.25, -0.2) is 4.98 Å². The number of piperidine rings is 1. The Morgan fingerprint density at radius 2 is 2.07 bits per heavy atom. The Morgan fingerprint density at radius 3 is 2.75 bits per heavy atom. The molecule has 7 nitrogen and oxygen atoms in total. The van der Waals surface area contributed by atoms with Crippen LogP contribution < -0.4 is 5.56 Å². The number of esters is 1. The van der Waals surface area contributed by atoms with E-state index in [-0.39, 0.29) is 29.1 Å². The van der Waals surface area contributed by atoms with Gasteiger partial charge in [0.2, 0.25) is 5.91 Å². The number of hydrogen-bond acceptors (Lipinski definition) is 7. The van der Waals surface area contributed by atoms with E-state index in [1.807, 2.05) is 18.4 Å². The van der Waals surface area contributed by atoms with E-state index >= 15 is 0 Å². The molecule has 0 unspecified atom stereocenters. The number of carbonyl (C=O) groups excluding carboxylic acids is 2. The van der Waals surface area contributed by atoms with Crippen LogP contribution in [0.25, 0.3) is 10.2 Å². The van der Waals surface area contributed by atoms with Gasteiger partial charge in [-0.3, -0.25) is 19.0 Å². The number of thioether (sulfide) groups is 1. The number of hydrogen-bond donors (Lipinski definition) is 0.